The molecular formula is C10H13ClFNO. The lowest BCUT2D eigenvalue weighted by atomic mass is 10.0. The molecule has 1 atom stereocenters. The van der Waals surface area contributed by atoms with Gasteiger partial charge in [-0.3, -0.25) is 0 Å². The number of pyridine rings is 1. The van der Waals surface area contributed by atoms with Gasteiger partial charge in [0.2, 0.25) is 5.88 Å². The lowest BCUT2D eigenvalue weighted by Gasteiger charge is -2.15. The van der Waals surface area contributed by atoms with E-state index in [0.717, 1.165) is 0 Å². The zero-order valence-corrected chi connectivity index (χ0v) is 9.18. The molecule has 0 aliphatic rings. The van der Waals surface area contributed by atoms with Gasteiger partial charge in [0, 0.05) is 11.8 Å². The van der Waals surface area contributed by atoms with E-state index in [-0.39, 0.29) is 17.2 Å². The van der Waals surface area contributed by atoms with Crippen molar-refractivity contribution in [1.29, 1.82) is 0 Å². The van der Waals surface area contributed by atoms with Crippen LogP contribution < -0.4 is 4.74 Å². The third kappa shape index (κ3) is 2.15. The minimum atomic E-state index is -0.469. The highest BCUT2D eigenvalue weighted by molar-refractivity contribution is 6.21. The van der Waals surface area contributed by atoms with E-state index in [2.05, 4.69) is 4.98 Å². The lowest BCUT2D eigenvalue weighted by Crippen LogP contribution is -2.04. The van der Waals surface area contributed by atoms with Crippen molar-refractivity contribution in [3.63, 3.8) is 0 Å². The average molecular weight is 218 g/mol. The molecule has 0 spiro atoms. The zero-order valence-electron chi connectivity index (χ0n) is 8.42. The largest absolute Gasteiger partial charge is 0.479 e. The lowest BCUT2D eigenvalue weighted by molar-refractivity contribution is 0.365. The van der Waals surface area contributed by atoms with Crippen molar-refractivity contribution in [3.8, 4) is 5.88 Å². The molecule has 0 bridgehead atoms. The first-order chi connectivity index (χ1) is 6.57. The zero-order chi connectivity index (χ0) is 10.7. The van der Waals surface area contributed by atoms with E-state index in [4.69, 9.17) is 16.3 Å². The van der Waals surface area contributed by atoms with Gasteiger partial charge in [-0.25, -0.2) is 9.37 Å². The molecule has 0 aliphatic carbocycles. The molecule has 0 aliphatic heterocycles. The second-order valence-electron chi connectivity index (χ2n) is 3.37. The fourth-order valence-electron chi connectivity index (χ4n) is 1.15. The van der Waals surface area contributed by atoms with Crippen molar-refractivity contribution in [2.75, 3.05) is 7.11 Å². The molecule has 0 N–H and O–H groups in total. The Hall–Kier alpha value is -0.830. The van der Waals surface area contributed by atoms with Gasteiger partial charge in [0.15, 0.2) is 5.82 Å². The molecular weight excluding hydrogens is 205 g/mol. The second kappa shape index (κ2) is 4.60. The van der Waals surface area contributed by atoms with Gasteiger partial charge < -0.3 is 4.74 Å². The topological polar surface area (TPSA) is 22.1 Å². The number of hydrogen-bond donors (Lipinski definition) is 0. The Kier molecular flexibility index (Phi) is 3.69. The summed E-state index contributed by atoms with van der Waals surface area (Å²) in [4.78, 5) is 3.74. The number of rotatable bonds is 3. The van der Waals surface area contributed by atoms with Crippen LogP contribution in [0.5, 0.6) is 5.88 Å². The Balaban J connectivity index is 3.09. The van der Waals surface area contributed by atoms with Crippen LogP contribution in [0.2, 0.25) is 0 Å². The number of nitrogens with zero attached hydrogens (tertiary/aromatic N) is 1. The summed E-state index contributed by atoms with van der Waals surface area (Å²) in [5, 5.41) is -0.355. The minimum Gasteiger partial charge on any atom is -0.479 e. The maximum absolute atomic E-state index is 13.6. The number of aromatic nitrogens is 1. The smallest absolute Gasteiger partial charge is 0.250 e. The Morgan fingerprint density at radius 2 is 2.14 bits per heavy atom. The predicted octanol–water partition coefficient (Wildman–Crippen LogP) is 3.17. The van der Waals surface area contributed by atoms with E-state index in [0.29, 0.717) is 5.56 Å². The molecule has 1 aromatic heterocycles. The molecule has 0 amide bonds. The summed E-state index contributed by atoms with van der Waals surface area (Å²) in [7, 11) is 1.38. The average Bonchev–Trinajstić information content (AvgIpc) is 2.17. The Bertz CT molecular complexity index is 317. The molecule has 0 fully saturated rings. The van der Waals surface area contributed by atoms with Crippen LogP contribution in [0.25, 0.3) is 0 Å². The summed E-state index contributed by atoms with van der Waals surface area (Å²) < 4.78 is 18.4. The Morgan fingerprint density at radius 3 is 2.64 bits per heavy atom. The van der Waals surface area contributed by atoms with Gasteiger partial charge in [0.1, 0.15) is 0 Å². The van der Waals surface area contributed by atoms with Crippen LogP contribution in [0.3, 0.4) is 0 Å². The van der Waals surface area contributed by atoms with Gasteiger partial charge in [0.05, 0.1) is 12.5 Å². The molecule has 1 heterocycles. The number of halogens is 2. The standard InChI is InChI=1S/C10H13ClFNO/c1-6(2)8(11)7-4-5-13-10(14-3)9(7)12/h4-6,8H,1-3H3. The normalized spacial score (nSPS) is 13.0. The van der Waals surface area contributed by atoms with E-state index >= 15 is 0 Å². The number of alkyl halides is 1. The van der Waals surface area contributed by atoms with E-state index < -0.39 is 5.82 Å². The molecule has 14 heavy (non-hydrogen) atoms. The van der Waals surface area contributed by atoms with E-state index in [9.17, 15) is 4.39 Å². The molecule has 1 unspecified atom stereocenters. The monoisotopic (exact) mass is 217 g/mol. The molecule has 0 radical (unpaired) electrons. The summed E-state index contributed by atoms with van der Waals surface area (Å²) in [6, 6.07) is 1.58. The molecule has 2 nitrogen and oxygen atoms in total. The SMILES string of the molecule is COc1nccc(C(Cl)C(C)C)c1F. The maximum Gasteiger partial charge on any atom is 0.250 e. The van der Waals surface area contributed by atoms with E-state index in [1.807, 2.05) is 13.8 Å². The van der Waals surface area contributed by atoms with E-state index in [1.165, 1.54) is 13.3 Å². The van der Waals surface area contributed by atoms with Gasteiger partial charge in [-0.1, -0.05) is 13.8 Å². The van der Waals surface area contributed by atoms with Gasteiger partial charge in [-0.2, -0.15) is 0 Å². The van der Waals surface area contributed by atoms with E-state index in [1.54, 1.807) is 6.07 Å². The first kappa shape index (κ1) is 11.2. The number of hydrogen-bond acceptors (Lipinski definition) is 2. The van der Waals surface area contributed by atoms with Crippen LogP contribution in [-0.4, -0.2) is 12.1 Å². The third-order valence-corrected chi connectivity index (χ3v) is 2.70. The number of ether oxygens (including phenoxy) is 1. The summed E-state index contributed by atoms with van der Waals surface area (Å²) in [6.45, 7) is 3.87. The second-order valence-corrected chi connectivity index (χ2v) is 3.84. The molecule has 1 rings (SSSR count). The van der Waals surface area contributed by atoms with Crippen LogP contribution >= 0.6 is 11.6 Å². The highest BCUT2D eigenvalue weighted by Gasteiger charge is 2.19. The minimum absolute atomic E-state index is 0.00574. The van der Waals surface area contributed by atoms with Crippen molar-refractivity contribution in [2.45, 2.75) is 19.2 Å². The fraction of sp³-hybridized carbons (Fsp3) is 0.500. The maximum atomic E-state index is 13.6. The van der Waals surface area contributed by atoms with Gasteiger partial charge >= 0.3 is 0 Å². The van der Waals surface area contributed by atoms with Crippen LogP contribution in [0, 0.1) is 11.7 Å². The quantitative estimate of drug-likeness (QED) is 0.726. The molecule has 78 valence electrons. The third-order valence-electron chi connectivity index (χ3n) is 1.96. The van der Waals surface area contributed by atoms with Gasteiger partial charge in [0.25, 0.3) is 0 Å². The Morgan fingerprint density at radius 1 is 1.50 bits per heavy atom. The van der Waals surface area contributed by atoms with Crippen molar-refractivity contribution in [1.82, 2.24) is 4.98 Å². The summed E-state index contributed by atoms with van der Waals surface area (Å²) >= 11 is 6.05. The van der Waals surface area contributed by atoms with Crippen LogP contribution in [0.15, 0.2) is 12.3 Å². The van der Waals surface area contributed by atoms with Crippen molar-refractivity contribution in [2.24, 2.45) is 5.92 Å². The van der Waals surface area contributed by atoms with Crippen LogP contribution in [0.1, 0.15) is 24.8 Å². The predicted molar refractivity (Wildman–Crippen MR) is 54.2 cm³/mol. The molecule has 0 saturated heterocycles. The summed E-state index contributed by atoms with van der Waals surface area (Å²) in [6.07, 6.45) is 1.50. The van der Waals surface area contributed by atoms with Crippen molar-refractivity contribution >= 4 is 11.6 Å². The highest BCUT2D eigenvalue weighted by atomic mass is 35.5. The highest BCUT2D eigenvalue weighted by Crippen LogP contribution is 2.32. The van der Waals surface area contributed by atoms with Gasteiger partial charge in [-0.05, 0) is 12.0 Å². The van der Waals surface area contributed by atoms with Crippen LogP contribution in [0.4, 0.5) is 4.39 Å². The molecule has 0 aromatic carbocycles. The summed E-state index contributed by atoms with van der Waals surface area (Å²) in [5.41, 5.74) is 0.438. The van der Waals surface area contributed by atoms with Gasteiger partial charge in [-0.15, -0.1) is 11.6 Å². The Labute approximate surface area is 88.1 Å². The van der Waals surface area contributed by atoms with Crippen LogP contribution in [-0.2, 0) is 0 Å². The first-order valence-electron chi connectivity index (χ1n) is 4.40. The summed E-state index contributed by atoms with van der Waals surface area (Å²) in [5.74, 6) is -0.309. The molecule has 0 saturated carbocycles. The van der Waals surface area contributed by atoms with Crippen molar-refractivity contribution < 1.29 is 9.13 Å². The number of methoxy groups -OCH3 is 1. The fourth-order valence-corrected chi connectivity index (χ4v) is 1.32. The molecule has 1 aromatic rings. The van der Waals surface area contributed by atoms with Crippen molar-refractivity contribution in [3.05, 3.63) is 23.6 Å². The molecule has 4 heteroatoms. The first-order valence-corrected chi connectivity index (χ1v) is 4.84.